The smallest absolute Gasteiger partial charge is 0.0975 e. The fourth-order valence-electron chi connectivity index (χ4n) is 1.31. The Balaban J connectivity index is 2.56. The number of alkyl halides is 1. The Hall–Kier alpha value is -0.890. The average molecular weight is 181 g/mol. The van der Waals surface area contributed by atoms with E-state index in [-0.39, 0.29) is 12.6 Å². The van der Waals surface area contributed by atoms with Gasteiger partial charge in [-0.3, -0.25) is 4.39 Å². The van der Waals surface area contributed by atoms with Crippen LogP contribution in [-0.2, 0) is 0 Å². The standard InChI is InChI=1S/C11H16FN/c1-2-13-9-11(8-12)10-6-4-3-5-7-10/h3-7,11,13H,2,8-9H2,1H3/t11-/m0/s1. The molecule has 1 aromatic rings. The molecule has 0 fully saturated rings. The Labute approximate surface area is 79.0 Å². The highest BCUT2D eigenvalue weighted by atomic mass is 19.1. The van der Waals surface area contributed by atoms with Gasteiger partial charge < -0.3 is 5.32 Å². The van der Waals surface area contributed by atoms with Crippen LogP contribution in [0.2, 0.25) is 0 Å². The summed E-state index contributed by atoms with van der Waals surface area (Å²) >= 11 is 0. The van der Waals surface area contributed by atoms with Crippen LogP contribution in [0.4, 0.5) is 4.39 Å². The second kappa shape index (κ2) is 5.70. The second-order valence-corrected chi connectivity index (χ2v) is 3.07. The summed E-state index contributed by atoms with van der Waals surface area (Å²) in [6, 6.07) is 9.79. The normalized spacial score (nSPS) is 12.8. The Morgan fingerprint density at radius 3 is 2.54 bits per heavy atom. The van der Waals surface area contributed by atoms with Gasteiger partial charge in [-0.25, -0.2) is 0 Å². The van der Waals surface area contributed by atoms with Gasteiger partial charge >= 0.3 is 0 Å². The van der Waals surface area contributed by atoms with E-state index in [1.165, 1.54) is 0 Å². The van der Waals surface area contributed by atoms with Gasteiger partial charge in [0.05, 0.1) is 6.67 Å². The summed E-state index contributed by atoms with van der Waals surface area (Å²) in [5.74, 6) is 0.00106. The summed E-state index contributed by atoms with van der Waals surface area (Å²) in [5, 5.41) is 3.16. The maximum absolute atomic E-state index is 12.6. The minimum absolute atomic E-state index is 0.00106. The highest BCUT2D eigenvalue weighted by molar-refractivity contribution is 5.19. The molecule has 2 heteroatoms. The zero-order valence-electron chi connectivity index (χ0n) is 7.96. The first-order valence-corrected chi connectivity index (χ1v) is 4.70. The molecule has 0 aliphatic rings. The molecular formula is C11H16FN. The Kier molecular flexibility index (Phi) is 4.47. The first kappa shape index (κ1) is 10.2. The lowest BCUT2D eigenvalue weighted by Gasteiger charge is -2.13. The van der Waals surface area contributed by atoms with Gasteiger partial charge in [0.25, 0.3) is 0 Å². The van der Waals surface area contributed by atoms with E-state index in [1.54, 1.807) is 0 Å². The van der Waals surface area contributed by atoms with E-state index in [1.807, 2.05) is 37.3 Å². The van der Waals surface area contributed by atoms with Gasteiger partial charge in [0.2, 0.25) is 0 Å². The van der Waals surface area contributed by atoms with Crippen LogP contribution >= 0.6 is 0 Å². The van der Waals surface area contributed by atoms with Gasteiger partial charge in [0, 0.05) is 12.5 Å². The summed E-state index contributed by atoms with van der Waals surface area (Å²) in [6.45, 7) is 3.34. The quantitative estimate of drug-likeness (QED) is 0.735. The van der Waals surface area contributed by atoms with Gasteiger partial charge in [-0.05, 0) is 12.1 Å². The van der Waals surface area contributed by atoms with Crippen LogP contribution in [-0.4, -0.2) is 19.8 Å². The molecule has 1 rings (SSSR count). The second-order valence-electron chi connectivity index (χ2n) is 3.07. The number of halogens is 1. The van der Waals surface area contributed by atoms with Crippen LogP contribution in [0, 0.1) is 0 Å². The van der Waals surface area contributed by atoms with E-state index in [0.29, 0.717) is 0 Å². The molecule has 0 spiro atoms. The predicted molar refractivity (Wildman–Crippen MR) is 53.7 cm³/mol. The van der Waals surface area contributed by atoms with Crippen molar-refractivity contribution in [3.05, 3.63) is 35.9 Å². The van der Waals surface area contributed by atoms with Crippen molar-refractivity contribution in [3.8, 4) is 0 Å². The third-order valence-electron chi connectivity index (χ3n) is 2.10. The first-order valence-electron chi connectivity index (χ1n) is 4.70. The van der Waals surface area contributed by atoms with Crippen molar-refractivity contribution < 1.29 is 4.39 Å². The summed E-state index contributed by atoms with van der Waals surface area (Å²) in [4.78, 5) is 0. The maximum atomic E-state index is 12.6. The number of nitrogens with one attached hydrogen (secondary N) is 1. The van der Waals surface area contributed by atoms with Crippen molar-refractivity contribution in [1.82, 2.24) is 5.32 Å². The zero-order valence-corrected chi connectivity index (χ0v) is 7.96. The molecule has 0 radical (unpaired) electrons. The molecule has 0 aromatic heterocycles. The van der Waals surface area contributed by atoms with E-state index in [2.05, 4.69) is 5.32 Å². The van der Waals surface area contributed by atoms with Crippen molar-refractivity contribution in [2.24, 2.45) is 0 Å². The van der Waals surface area contributed by atoms with Crippen molar-refractivity contribution in [1.29, 1.82) is 0 Å². The number of likely N-dealkylation sites (N-methyl/N-ethyl adjacent to an activating group) is 1. The monoisotopic (exact) mass is 181 g/mol. The Morgan fingerprint density at radius 2 is 2.00 bits per heavy atom. The Morgan fingerprint density at radius 1 is 1.31 bits per heavy atom. The molecule has 1 N–H and O–H groups in total. The van der Waals surface area contributed by atoms with Crippen LogP contribution in [0.25, 0.3) is 0 Å². The molecule has 1 atom stereocenters. The number of rotatable bonds is 5. The first-order chi connectivity index (χ1) is 6.38. The molecule has 0 aliphatic heterocycles. The average Bonchev–Trinajstić information content (AvgIpc) is 2.21. The van der Waals surface area contributed by atoms with Crippen molar-refractivity contribution in [3.63, 3.8) is 0 Å². The third kappa shape index (κ3) is 3.15. The van der Waals surface area contributed by atoms with E-state index in [4.69, 9.17) is 0 Å². The summed E-state index contributed by atoms with van der Waals surface area (Å²) < 4.78 is 12.6. The topological polar surface area (TPSA) is 12.0 Å². The molecular weight excluding hydrogens is 165 g/mol. The fraction of sp³-hybridized carbons (Fsp3) is 0.455. The highest BCUT2D eigenvalue weighted by Crippen LogP contribution is 2.14. The van der Waals surface area contributed by atoms with Gasteiger partial charge in [0.1, 0.15) is 0 Å². The van der Waals surface area contributed by atoms with Crippen LogP contribution in [0.5, 0.6) is 0 Å². The van der Waals surface area contributed by atoms with E-state index in [9.17, 15) is 4.39 Å². The van der Waals surface area contributed by atoms with Crippen LogP contribution < -0.4 is 5.32 Å². The molecule has 1 aromatic carbocycles. The Bertz CT molecular complexity index is 223. The van der Waals surface area contributed by atoms with Gasteiger partial charge in [-0.15, -0.1) is 0 Å². The molecule has 0 amide bonds. The van der Waals surface area contributed by atoms with E-state index in [0.717, 1.165) is 18.7 Å². The molecule has 0 saturated heterocycles. The van der Waals surface area contributed by atoms with Gasteiger partial charge in [-0.1, -0.05) is 37.3 Å². The lowest BCUT2D eigenvalue weighted by Crippen LogP contribution is -2.22. The number of hydrogen-bond acceptors (Lipinski definition) is 1. The fourth-order valence-corrected chi connectivity index (χ4v) is 1.31. The van der Waals surface area contributed by atoms with Gasteiger partial charge in [-0.2, -0.15) is 0 Å². The minimum Gasteiger partial charge on any atom is -0.316 e. The maximum Gasteiger partial charge on any atom is 0.0975 e. The summed E-state index contributed by atoms with van der Waals surface area (Å²) in [5.41, 5.74) is 1.07. The van der Waals surface area contributed by atoms with E-state index < -0.39 is 0 Å². The minimum atomic E-state index is -0.295. The molecule has 0 bridgehead atoms. The molecule has 0 heterocycles. The third-order valence-corrected chi connectivity index (χ3v) is 2.10. The van der Waals surface area contributed by atoms with Crippen molar-refractivity contribution in [2.45, 2.75) is 12.8 Å². The van der Waals surface area contributed by atoms with Gasteiger partial charge in [0.15, 0.2) is 0 Å². The number of hydrogen-bond donors (Lipinski definition) is 1. The largest absolute Gasteiger partial charge is 0.316 e. The molecule has 13 heavy (non-hydrogen) atoms. The molecule has 0 saturated carbocycles. The molecule has 1 nitrogen and oxygen atoms in total. The predicted octanol–water partition coefficient (Wildman–Crippen LogP) is 2.35. The van der Waals surface area contributed by atoms with Crippen molar-refractivity contribution >= 4 is 0 Å². The zero-order chi connectivity index (χ0) is 9.52. The summed E-state index contributed by atoms with van der Waals surface area (Å²) in [6.07, 6.45) is 0. The van der Waals surface area contributed by atoms with Crippen LogP contribution in [0.1, 0.15) is 18.4 Å². The molecule has 72 valence electrons. The lowest BCUT2D eigenvalue weighted by atomic mass is 10.0. The number of benzene rings is 1. The summed E-state index contributed by atoms with van der Waals surface area (Å²) in [7, 11) is 0. The molecule has 0 unspecified atom stereocenters. The van der Waals surface area contributed by atoms with E-state index >= 15 is 0 Å². The SMILES string of the molecule is CCNC[C@H](CF)c1ccccc1. The highest BCUT2D eigenvalue weighted by Gasteiger charge is 2.09. The van der Waals surface area contributed by atoms with Crippen LogP contribution in [0.15, 0.2) is 30.3 Å². The van der Waals surface area contributed by atoms with Crippen LogP contribution in [0.3, 0.4) is 0 Å². The van der Waals surface area contributed by atoms with Crippen molar-refractivity contribution in [2.75, 3.05) is 19.8 Å². The molecule has 0 aliphatic carbocycles. The lowest BCUT2D eigenvalue weighted by molar-refractivity contribution is 0.417.